The van der Waals surface area contributed by atoms with Crippen molar-refractivity contribution in [1.82, 2.24) is 0 Å². The van der Waals surface area contributed by atoms with Crippen LogP contribution in [0.3, 0.4) is 0 Å². The molecule has 0 fully saturated rings. The molecule has 0 aromatic heterocycles. The van der Waals surface area contributed by atoms with Gasteiger partial charge in [0.15, 0.2) is 11.6 Å². The van der Waals surface area contributed by atoms with E-state index in [-0.39, 0.29) is 5.75 Å². The highest BCUT2D eigenvalue weighted by atomic mass is 19.1. The van der Waals surface area contributed by atoms with Gasteiger partial charge in [0.05, 0.1) is 12.7 Å². The number of rotatable bonds is 4. The van der Waals surface area contributed by atoms with Gasteiger partial charge in [-0.15, -0.1) is 0 Å². The summed E-state index contributed by atoms with van der Waals surface area (Å²) in [6.07, 6.45) is 0. The number of hydrogen-bond donors (Lipinski definition) is 1. The van der Waals surface area contributed by atoms with Gasteiger partial charge >= 0.3 is 0 Å². The molecule has 0 spiro atoms. The SMILES string of the molecule is CCOc1ccc(NC(=O)C(C)C#N)cc1F. The molecule has 17 heavy (non-hydrogen) atoms. The highest BCUT2D eigenvalue weighted by Crippen LogP contribution is 2.21. The third kappa shape index (κ3) is 3.45. The maximum atomic E-state index is 13.4. The Hall–Kier alpha value is -2.09. The van der Waals surface area contributed by atoms with Crippen LogP contribution in [0.4, 0.5) is 10.1 Å². The first kappa shape index (κ1) is 13.0. The first-order valence-electron chi connectivity index (χ1n) is 5.21. The van der Waals surface area contributed by atoms with E-state index in [9.17, 15) is 9.18 Å². The maximum absolute atomic E-state index is 13.4. The van der Waals surface area contributed by atoms with Crippen LogP contribution in [-0.4, -0.2) is 12.5 Å². The Bertz CT molecular complexity index is 454. The number of hydrogen-bond acceptors (Lipinski definition) is 3. The van der Waals surface area contributed by atoms with E-state index in [1.54, 1.807) is 13.0 Å². The molecule has 1 aromatic carbocycles. The number of nitrogens with one attached hydrogen (secondary N) is 1. The number of carbonyl (C=O) groups is 1. The zero-order valence-electron chi connectivity index (χ0n) is 9.66. The second-order valence-electron chi connectivity index (χ2n) is 3.42. The first-order valence-corrected chi connectivity index (χ1v) is 5.21. The monoisotopic (exact) mass is 236 g/mol. The molecule has 1 rings (SSSR count). The van der Waals surface area contributed by atoms with Gasteiger partial charge < -0.3 is 10.1 Å². The normalized spacial score (nSPS) is 11.4. The fourth-order valence-electron chi connectivity index (χ4n) is 1.16. The van der Waals surface area contributed by atoms with Crippen molar-refractivity contribution in [3.63, 3.8) is 0 Å². The van der Waals surface area contributed by atoms with Crippen LogP contribution in [-0.2, 0) is 4.79 Å². The van der Waals surface area contributed by atoms with Crippen molar-refractivity contribution in [3.05, 3.63) is 24.0 Å². The number of ether oxygens (including phenoxy) is 1. The van der Waals surface area contributed by atoms with E-state index >= 15 is 0 Å². The number of anilines is 1. The maximum Gasteiger partial charge on any atom is 0.241 e. The summed E-state index contributed by atoms with van der Waals surface area (Å²) in [6.45, 7) is 3.60. The molecule has 90 valence electrons. The summed E-state index contributed by atoms with van der Waals surface area (Å²) >= 11 is 0. The van der Waals surface area contributed by atoms with Gasteiger partial charge in [-0.25, -0.2) is 4.39 Å². The first-order chi connectivity index (χ1) is 8.08. The molecule has 4 nitrogen and oxygen atoms in total. The third-order valence-electron chi connectivity index (χ3n) is 2.09. The second kappa shape index (κ2) is 5.85. The van der Waals surface area contributed by atoms with Crippen LogP contribution < -0.4 is 10.1 Å². The fraction of sp³-hybridized carbons (Fsp3) is 0.333. The Kier molecular flexibility index (Phi) is 4.46. The zero-order valence-corrected chi connectivity index (χ0v) is 9.66. The Morgan fingerprint density at radius 1 is 1.65 bits per heavy atom. The van der Waals surface area contributed by atoms with Crippen LogP contribution in [0.5, 0.6) is 5.75 Å². The molecule has 0 aliphatic heterocycles. The summed E-state index contributed by atoms with van der Waals surface area (Å²) in [5.74, 6) is -1.64. The summed E-state index contributed by atoms with van der Waals surface area (Å²) in [4.78, 5) is 11.4. The Morgan fingerprint density at radius 2 is 2.35 bits per heavy atom. The molecule has 0 saturated heterocycles. The molecule has 1 amide bonds. The molecule has 1 aromatic rings. The number of amides is 1. The number of benzene rings is 1. The van der Waals surface area contributed by atoms with Crippen molar-refractivity contribution < 1.29 is 13.9 Å². The van der Waals surface area contributed by atoms with E-state index in [0.717, 1.165) is 6.07 Å². The molecule has 0 heterocycles. The number of carbonyl (C=O) groups excluding carboxylic acids is 1. The number of nitrogens with zero attached hydrogens (tertiary/aromatic N) is 1. The van der Waals surface area contributed by atoms with E-state index in [1.165, 1.54) is 19.1 Å². The van der Waals surface area contributed by atoms with E-state index in [2.05, 4.69) is 5.32 Å². The van der Waals surface area contributed by atoms with Crippen molar-refractivity contribution in [1.29, 1.82) is 5.26 Å². The van der Waals surface area contributed by atoms with Crippen LogP contribution in [0.25, 0.3) is 0 Å². The predicted molar refractivity (Wildman–Crippen MR) is 61.0 cm³/mol. The van der Waals surface area contributed by atoms with E-state index < -0.39 is 17.6 Å². The highest BCUT2D eigenvalue weighted by molar-refractivity contribution is 5.93. The van der Waals surface area contributed by atoms with Crippen LogP contribution in [0.1, 0.15) is 13.8 Å². The smallest absolute Gasteiger partial charge is 0.241 e. The zero-order chi connectivity index (χ0) is 12.8. The van der Waals surface area contributed by atoms with Gasteiger partial charge in [-0.3, -0.25) is 4.79 Å². The topological polar surface area (TPSA) is 62.1 Å². The molecule has 1 N–H and O–H groups in total. The minimum atomic E-state index is -0.773. The lowest BCUT2D eigenvalue weighted by molar-refractivity contribution is -0.117. The molecular formula is C12H13FN2O2. The third-order valence-corrected chi connectivity index (χ3v) is 2.09. The van der Waals surface area contributed by atoms with Gasteiger partial charge in [-0.1, -0.05) is 0 Å². The van der Waals surface area contributed by atoms with Gasteiger partial charge in [0.25, 0.3) is 0 Å². The number of halogens is 1. The Balaban J connectivity index is 2.78. The molecule has 0 bridgehead atoms. The summed E-state index contributed by atoms with van der Waals surface area (Å²) < 4.78 is 18.5. The molecule has 0 saturated carbocycles. The van der Waals surface area contributed by atoms with Crippen LogP contribution in [0.15, 0.2) is 18.2 Å². The lowest BCUT2D eigenvalue weighted by atomic mass is 10.2. The van der Waals surface area contributed by atoms with Crippen LogP contribution in [0, 0.1) is 23.1 Å². The molecule has 5 heteroatoms. The van der Waals surface area contributed by atoms with Crippen molar-refractivity contribution >= 4 is 11.6 Å². The van der Waals surface area contributed by atoms with E-state index in [4.69, 9.17) is 10.00 Å². The van der Waals surface area contributed by atoms with Gasteiger partial charge in [0, 0.05) is 11.8 Å². The lowest BCUT2D eigenvalue weighted by Gasteiger charge is -2.08. The summed E-state index contributed by atoms with van der Waals surface area (Å²) in [5, 5.41) is 11.0. The summed E-state index contributed by atoms with van der Waals surface area (Å²) in [7, 11) is 0. The van der Waals surface area contributed by atoms with Gasteiger partial charge in [0.2, 0.25) is 5.91 Å². The lowest BCUT2D eigenvalue weighted by Crippen LogP contribution is -2.18. The average Bonchev–Trinajstić information content (AvgIpc) is 2.31. The van der Waals surface area contributed by atoms with Crippen molar-refractivity contribution in [2.24, 2.45) is 5.92 Å². The van der Waals surface area contributed by atoms with Crippen LogP contribution >= 0.6 is 0 Å². The highest BCUT2D eigenvalue weighted by Gasteiger charge is 2.12. The Morgan fingerprint density at radius 3 is 2.88 bits per heavy atom. The molecular weight excluding hydrogens is 223 g/mol. The van der Waals surface area contributed by atoms with Crippen molar-refractivity contribution in [2.75, 3.05) is 11.9 Å². The van der Waals surface area contributed by atoms with Crippen LogP contribution in [0.2, 0.25) is 0 Å². The van der Waals surface area contributed by atoms with Gasteiger partial charge in [-0.05, 0) is 26.0 Å². The van der Waals surface area contributed by atoms with E-state index in [0.29, 0.717) is 12.3 Å². The Labute approximate surface area is 99.0 Å². The largest absolute Gasteiger partial charge is 0.491 e. The summed E-state index contributed by atoms with van der Waals surface area (Å²) in [5.41, 5.74) is 0.304. The molecule has 0 radical (unpaired) electrons. The van der Waals surface area contributed by atoms with Crippen molar-refractivity contribution in [3.8, 4) is 11.8 Å². The van der Waals surface area contributed by atoms with Gasteiger partial charge in [-0.2, -0.15) is 5.26 Å². The quantitative estimate of drug-likeness (QED) is 0.872. The van der Waals surface area contributed by atoms with E-state index in [1.807, 2.05) is 0 Å². The summed E-state index contributed by atoms with van der Waals surface area (Å²) in [6, 6.07) is 5.92. The second-order valence-corrected chi connectivity index (χ2v) is 3.42. The fourth-order valence-corrected chi connectivity index (χ4v) is 1.16. The molecule has 0 aliphatic carbocycles. The molecule has 1 unspecified atom stereocenters. The minimum Gasteiger partial charge on any atom is -0.491 e. The molecule has 1 atom stereocenters. The molecule has 0 aliphatic rings. The minimum absolute atomic E-state index is 0.138. The van der Waals surface area contributed by atoms with Crippen molar-refractivity contribution in [2.45, 2.75) is 13.8 Å². The number of nitriles is 1. The average molecular weight is 236 g/mol. The predicted octanol–water partition coefficient (Wildman–Crippen LogP) is 2.32. The standard InChI is InChI=1S/C12H13FN2O2/c1-3-17-11-5-4-9(6-10(11)13)15-12(16)8(2)7-14/h4-6,8H,3H2,1-2H3,(H,15,16). The van der Waals surface area contributed by atoms with Gasteiger partial charge in [0.1, 0.15) is 5.92 Å².